The third-order valence-electron chi connectivity index (χ3n) is 1.24. The Labute approximate surface area is 82.6 Å². The predicted octanol–water partition coefficient (Wildman–Crippen LogP) is 1.28. The monoisotopic (exact) mass is 202 g/mol. The standard InChI is InChI=1S/C9H14O5/c1-4-13-8(10)6-5-7(2)14-9(11)12-3/h5-7H,4H2,1-3H3/b6-5+/t7-/m1/s1. The molecule has 0 amide bonds. The molecule has 5 nitrogen and oxygen atoms in total. The van der Waals surface area contributed by atoms with Gasteiger partial charge in [-0.1, -0.05) is 0 Å². The summed E-state index contributed by atoms with van der Waals surface area (Å²) in [5, 5.41) is 0. The minimum atomic E-state index is -0.786. The van der Waals surface area contributed by atoms with Crippen molar-refractivity contribution in [2.75, 3.05) is 13.7 Å². The second-order valence-corrected chi connectivity index (χ2v) is 2.39. The topological polar surface area (TPSA) is 61.8 Å². The van der Waals surface area contributed by atoms with Crippen LogP contribution >= 0.6 is 0 Å². The molecule has 0 bridgehead atoms. The summed E-state index contributed by atoms with van der Waals surface area (Å²) in [4.78, 5) is 21.4. The minimum Gasteiger partial charge on any atom is -0.463 e. The van der Waals surface area contributed by atoms with Crippen molar-refractivity contribution in [1.29, 1.82) is 0 Å². The molecular formula is C9H14O5. The van der Waals surface area contributed by atoms with Crippen molar-refractivity contribution in [3.05, 3.63) is 12.2 Å². The molecule has 0 aromatic carbocycles. The quantitative estimate of drug-likeness (QED) is 0.507. The number of hydrogen-bond donors (Lipinski definition) is 0. The summed E-state index contributed by atoms with van der Waals surface area (Å²) >= 11 is 0. The van der Waals surface area contributed by atoms with Gasteiger partial charge in [0.05, 0.1) is 13.7 Å². The third-order valence-corrected chi connectivity index (χ3v) is 1.24. The van der Waals surface area contributed by atoms with Crippen LogP contribution in [0.25, 0.3) is 0 Å². The molecule has 0 aromatic rings. The smallest absolute Gasteiger partial charge is 0.463 e. The van der Waals surface area contributed by atoms with Gasteiger partial charge in [0.2, 0.25) is 0 Å². The van der Waals surface area contributed by atoms with E-state index in [1.807, 2.05) is 0 Å². The van der Waals surface area contributed by atoms with E-state index in [1.54, 1.807) is 13.8 Å². The van der Waals surface area contributed by atoms with Gasteiger partial charge >= 0.3 is 12.1 Å². The molecule has 0 heterocycles. The van der Waals surface area contributed by atoms with Crippen molar-refractivity contribution in [1.82, 2.24) is 0 Å². The first-order valence-electron chi connectivity index (χ1n) is 4.19. The maximum absolute atomic E-state index is 10.8. The Hall–Kier alpha value is -1.52. The van der Waals surface area contributed by atoms with Crippen LogP contribution in [0.4, 0.5) is 4.79 Å². The van der Waals surface area contributed by atoms with E-state index in [-0.39, 0.29) is 0 Å². The van der Waals surface area contributed by atoms with Crippen LogP contribution < -0.4 is 0 Å². The Morgan fingerprint density at radius 1 is 1.43 bits per heavy atom. The van der Waals surface area contributed by atoms with Gasteiger partial charge < -0.3 is 14.2 Å². The molecule has 0 aliphatic carbocycles. The van der Waals surface area contributed by atoms with Gasteiger partial charge in [-0.05, 0) is 19.9 Å². The second-order valence-electron chi connectivity index (χ2n) is 2.39. The van der Waals surface area contributed by atoms with Crippen LogP contribution in [-0.4, -0.2) is 31.9 Å². The summed E-state index contributed by atoms with van der Waals surface area (Å²) in [5.41, 5.74) is 0. The fourth-order valence-electron chi connectivity index (χ4n) is 0.644. The molecule has 0 rings (SSSR count). The van der Waals surface area contributed by atoms with E-state index in [2.05, 4.69) is 14.2 Å². The van der Waals surface area contributed by atoms with Gasteiger partial charge in [-0.3, -0.25) is 0 Å². The summed E-state index contributed by atoms with van der Waals surface area (Å²) in [5.74, 6) is -0.465. The van der Waals surface area contributed by atoms with Crippen molar-refractivity contribution in [2.45, 2.75) is 20.0 Å². The maximum atomic E-state index is 10.8. The van der Waals surface area contributed by atoms with Crippen molar-refractivity contribution in [3.8, 4) is 0 Å². The lowest BCUT2D eigenvalue weighted by Crippen LogP contribution is -2.13. The molecule has 0 saturated carbocycles. The largest absolute Gasteiger partial charge is 0.508 e. The maximum Gasteiger partial charge on any atom is 0.508 e. The van der Waals surface area contributed by atoms with Crippen molar-refractivity contribution in [3.63, 3.8) is 0 Å². The van der Waals surface area contributed by atoms with Crippen LogP contribution in [0.3, 0.4) is 0 Å². The lowest BCUT2D eigenvalue weighted by molar-refractivity contribution is -0.137. The van der Waals surface area contributed by atoms with E-state index in [0.717, 1.165) is 0 Å². The lowest BCUT2D eigenvalue weighted by atomic mass is 10.3. The van der Waals surface area contributed by atoms with Crippen LogP contribution in [0.1, 0.15) is 13.8 Å². The molecule has 0 aliphatic rings. The molecule has 80 valence electrons. The van der Waals surface area contributed by atoms with E-state index < -0.39 is 18.2 Å². The average molecular weight is 202 g/mol. The molecule has 0 aromatic heterocycles. The number of rotatable bonds is 4. The number of methoxy groups -OCH3 is 1. The molecular weight excluding hydrogens is 188 g/mol. The average Bonchev–Trinajstić information content (AvgIpc) is 2.15. The number of carbonyl (C=O) groups is 2. The number of hydrogen-bond acceptors (Lipinski definition) is 5. The molecule has 0 saturated heterocycles. The summed E-state index contributed by atoms with van der Waals surface area (Å²) in [7, 11) is 1.21. The highest BCUT2D eigenvalue weighted by atomic mass is 16.7. The zero-order valence-electron chi connectivity index (χ0n) is 8.48. The van der Waals surface area contributed by atoms with E-state index >= 15 is 0 Å². The first kappa shape index (κ1) is 12.5. The zero-order chi connectivity index (χ0) is 11.0. The van der Waals surface area contributed by atoms with Crippen LogP contribution in [-0.2, 0) is 19.0 Å². The Morgan fingerprint density at radius 2 is 2.07 bits per heavy atom. The van der Waals surface area contributed by atoms with Crippen LogP contribution in [0.5, 0.6) is 0 Å². The molecule has 0 fully saturated rings. The predicted molar refractivity (Wildman–Crippen MR) is 48.7 cm³/mol. The van der Waals surface area contributed by atoms with Crippen molar-refractivity contribution in [2.24, 2.45) is 0 Å². The molecule has 0 radical (unpaired) electrons. The van der Waals surface area contributed by atoms with Gasteiger partial charge in [-0.15, -0.1) is 0 Å². The fourth-order valence-corrected chi connectivity index (χ4v) is 0.644. The van der Waals surface area contributed by atoms with Crippen LogP contribution in [0.15, 0.2) is 12.2 Å². The fraction of sp³-hybridized carbons (Fsp3) is 0.556. The van der Waals surface area contributed by atoms with Gasteiger partial charge in [0.25, 0.3) is 0 Å². The SMILES string of the molecule is CCOC(=O)/C=C/[C@@H](C)OC(=O)OC. The van der Waals surface area contributed by atoms with E-state index in [0.29, 0.717) is 6.61 Å². The van der Waals surface area contributed by atoms with Gasteiger partial charge in [0.1, 0.15) is 6.10 Å². The Morgan fingerprint density at radius 3 is 2.57 bits per heavy atom. The number of carbonyl (C=O) groups excluding carboxylic acids is 2. The molecule has 0 aliphatic heterocycles. The lowest BCUT2D eigenvalue weighted by Gasteiger charge is -2.06. The normalized spacial score (nSPS) is 12.2. The van der Waals surface area contributed by atoms with Crippen LogP contribution in [0, 0.1) is 0 Å². The van der Waals surface area contributed by atoms with Gasteiger partial charge in [0.15, 0.2) is 0 Å². The summed E-state index contributed by atoms with van der Waals surface area (Å²) < 4.78 is 13.6. The summed E-state index contributed by atoms with van der Waals surface area (Å²) in [6.45, 7) is 3.63. The van der Waals surface area contributed by atoms with Crippen LogP contribution in [0.2, 0.25) is 0 Å². The molecule has 0 unspecified atom stereocenters. The van der Waals surface area contributed by atoms with Crippen molar-refractivity contribution >= 4 is 12.1 Å². The highest BCUT2D eigenvalue weighted by molar-refractivity contribution is 5.82. The van der Waals surface area contributed by atoms with E-state index in [1.165, 1.54) is 19.3 Å². The Balaban J connectivity index is 3.86. The minimum absolute atomic E-state index is 0.315. The molecule has 5 heteroatoms. The Bertz CT molecular complexity index is 221. The first-order chi connectivity index (χ1) is 6.60. The number of ether oxygens (including phenoxy) is 3. The highest BCUT2D eigenvalue weighted by Gasteiger charge is 2.05. The summed E-state index contributed by atoms with van der Waals surface area (Å²) in [6, 6.07) is 0. The van der Waals surface area contributed by atoms with Gasteiger partial charge in [-0.2, -0.15) is 0 Å². The van der Waals surface area contributed by atoms with Crippen molar-refractivity contribution < 1.29 is 23.8 Å². The van der Waals surface area contributed by atoms with E-state index in [9.17, 15) is 9.59 Å². The van der Waals surface area contributed by atoms with E-state index in [4.69, 9.17) is 0 Å². The highest BCUT2D eigenvalue weighted by Crippen LogP contribution is 1.96. The second kappa shape index (κ2) is 6.94. The third kappa shape index (κ3) is 6.05. The molecule has 0 N–H and O–H groups in total. The zero-order valence-corrected chi connectivity index (χ0v) is 8.48. The van der Waals surface area contributed by atoms with Gasteiger partial charge in [0, 0.05) is 6.08 Å². The molecule has 14 heavy (non-hydrogen) atoms. The number of esters is 1. The molecule has 0 spiro atoms. The summed E-state index contributed by atoms with van der Waals surface area (Å²) in [6.07, 6.45) is 1.31. The Kier molecular flexibility index (Phi) is 6.19. The molecule has 1 atom stereocenters. The van der Waals surface area contributed by atoms with Gasteiger partial charge in [-0.25, -0.2) is 9.59 Å². The first-order valence-corrected chi connectivity index (χ1v) is 4.19.